The summed E-state index contributed by atoms with van der Waals surface area (Å²) in [6.45, 7) is 0. The summed E-state index contributed by atoms with van der Waals surface area (Å²) in [4.78, 5) is 10.7. The smallest absolute Gasteiger partial charge is 0.321 e. The number of aliphatic carboxylic acids is 1. The minimum Gasteiger partial charge on any atom is -0.504 e. The molecule has 90 valence electrons. The summed E-state index contributed by atoms with van der Waals surface area (Å²) >= 11 is 0. The molecular formula is C10H14BrNO4. The van der Waals surface area contributed by atoms with Gasteiger partial charge >= 0.3 is 5.97 Å². The number of nitrogens with one attached hydrogen (secondary N) is 1. The van der Waals surface area contributed by atoms with Crippen molar-refractivity contribution < 1.29 is 20.1 Å². The second-order valence-electron chi connectivity index (χ2n) is 3.21. The van der Waals surface area contributed by atoms with Crippen LogP contribution in [0.4, 0.5) is 0 Å². The number of likely N-dealkylation sites (N-methyl/N-ethyl adjacent to an activating group) is 1. The van der Waals surface area contributed by atoms with Gasteiger partial charge < -0.3 is 20.6 Å². The third-order valence-corrected chi connectivity index (χ3v) is 2.13. The molecule has 0 saturated carbocycles. The Morgan fingerprint density at radius 2 is 2.00 bits per heavy atom. The highest BCUT2D eigenvalue weighted by Gasteiger charge is 2.15. The molecule has 1 aromatic rings. The standard InChI is InChI=1S/C10H13NO4.BrH/c1-11-7(10(14)15)4-6-2-3-8(12)9(13)5-6;/h2-3,5,7,11-13H,4H2,1H3,(H,14,15);1H/t7-;/m0./s1. The maximum atomic E-state index is 10.7. The Labute approximate surface area is 103 Å². The summed E-state index contributed by atoms with van der Waals surface area (Å²) in [5.74, 6) is -1.41. The van der Waals surface area contributed by atoms with Crippen LogP contribution in [0.25, 0.3) is 0 Å². The maximum Gasteiger partial charge on any atom is 0.321 e. The fraction of sp³-hybridized carbons (Fsp3) is 0.300. The van der Waals surface area contributed by atoms with Gasteiger partial charge in [0.25, 0.3) is 0 Å². The first-order valence-corrected chi connectivity index (χ1v) is 4.45. The van der Waals surface area contributed by atoms with Crippen LogP contribution in [-0.4, -0.2) is 34.4 Å². The molecule has 0 aliphatic heterocycles. The summed E-state index contributed by atoms with van der Waals surface area (Å²) in [5, 5.41) is 29.7. The lowest BCUT2D eigenvalue weighted by Crippen LogP contribution is -2.35. The van der Waals surface area contributed by atoms with Crippen LogP contribution in [0, 0.1) is 0 Å². The number of hydrogen-bond acceptors (Lipinski definition) is 4. The van der Waals surface area contributed by atoms with E-state index >= 15 is 0 Å². The molecule has 4 N–H and O–H groups in total. The molecule has 0 fully saturated rings. The number of benzene rings is 1. The highest BCUT2D eigenvalue weighted by atomic mass is 79.9. The molecule has 1 atom stereocenters. The molecule has 0 heterocycles. The van der Waals surface area contributed by atoms with Gasteiger partial charge in [0.15, 0.2) is 11.5 Å². The third-order valence-electron chi connectivity index (χ3n) is 2.13. The van der Waals surface area contributed by atoms with Crippen molar-refractivity contribution in [2.75, 3.05) is 7.05 Å². The molecule has 16 heavy (non-hydrogen) atoms. The van der Waals surface area contributed by atoms with Crippen LogP contribution in [0.2, 0.25) is 0 Å². The van der Waals surface area contributed by atoms with E-state index in [2.05, 4.69) is 5.32 Å². The topological polar surface area (TPSA) is 89.8 Å². The van der Waals surface area contributed by atoms with Gasteiger partial charge in [0.1, 0.15) is 6.04 Å². The first-order chi connectivity index (χ1) is 7.04. The summed E-state index contributed by atoms with van der Waals surface area (Å²) in [5.41, 5.74) is 0.645. The number of carbonyl (C=O) groups is 1. The van der Waals surface area contributed by atoms with Gasteiger partial charge in [0, 0.05) is 0 Å². The van der Waals surface area contributed by atoms with E-state index in [0.717, 1.165) is 0 Å². The molecule has 0 aromatic heterocycles. The van der Waals surface area contributed by atoms with Crippen molar-refractivity contribution in [3.63, 3.8) is 0 Å². The van der Waals surface area contributed by atoms with Crippen molar-refractivity contribution in [1.82, 2.24) is 5.32 Å². The summed E-state index contributed by atoms with van der Waals surface area (Å²) < 4.78 is 0. The zero-order valence-electron chi connectivity index (χ0n) is 8.67. The van der Waals surface area contributed by atoms with E-state index in [0.29, 0.717) is 5.56 Å². The van der Waals surface area contributed by atoms with Crippen LogP contribution < -0.4 is 5.32 Å². The second kappa shape index (κ2) is 6.34. The van der Waals surface area contributed by atoms with Crippen molar-refractivity contribution >= 4 is 23.0 Å². The molecule has 0 bridgehead atoms. The molecule has 0 spiro atoms. The lowest BCUT2D eigenvalue weighted by Gasteiger charge is -2.11. The lowest BCUT2D eigenvalue weighted by molar-refractivity contribution is -0.139. The summed E-state index contributed by atoms with van der Waals surface area (Å²) in [6, 6.07) is 3.55. The number of carboxylic acids is 1. The predicted molar refractivity (Wildman–Crippen MR) is 64.3 cm³/mol. The second-order valence-corrected chi connectivity index (χ2v) is 3.21. The number of phenols is 2. The Bertz CT molecular complexity index is 370. The van der Waals surface area contributed by atoms with Crippen molar-refractivity contribution in [3.05, 3.63) is 23.8 Å². The molecule has 5 nitrogen and oxygen atoms in total. The number of hydrogen-bond donors (Lipinski definition) is 4. The highest BCUT2D eigenvalue weighted by Crippen LogP contribution is 2.25. The SMILES string of the molecule is Br.CN[C@@H](Cc1ccc(O)c(O)c1)C(=O)O. The molecule has 0 amide bonds. The van der Waals surface area contributed by atoms with Gasteiger partial charge in [-0.2, -0.15) is 0 Å². The van der Waals surface area contributed by atoms with Crippen molar-refractivity contribution in [1.29, 1.82) is 0 Å². The number of rotatable bonds is 4. The third kappa shape index (κ3) is 3.71. The van der Waals surface area contributed by atoms with Gasteiger partial charge in [-0.05, 0) is 31.2 Å². The molecule has 0 aliphatic rings. The fourth-order valence-electron chi connectivity index (χ4n) is 1.24. The van der Waals surface area contributed by atoms with E-state index in [1.165, 1.54) is 12.1 Å². The Hall–Kier alpha value is -1.27. The summed E-state index contributed by atoms with van der Waals surface area (Å²) in [7, 11) is 1.55. The van der Waals surface area contributed by atoms with Crippen molar-refractivity contribution in [3.8, 4) is 11.5 Å². The van der Waals surface area contributed by atoms with E-state index in [-0.39, 0.29) is 34.9 Å². The van der Waals surface area contributed by atoms with E-state index < -0.39 is 12.0 Å². The van der Waals surface area contributed by atoms with E-state index in [4.69, 9.17) is 10.2 Å². The minimum atomic E-state index is -0.954. The quantitative estimate of drug-likeness (QED) is 0.619. The van der Waals surface area contributed by atoms with E-state index in [1.54, 1.807) is 13.1 Å². The fourth-order valence-corrected chi connectivity index (χ4v) is 1.24. The largest absolute Gasteiger partial charge is 0.504 e. The average Bonchev–Trinajstić information content (AvgIpc) is 2.19. The normalized spacial score (nSPS) is 11.6. The van der Waals surface area contributed by atoms with Crippen LogP contribution in [0.5, 0.6) is 11.5 Å². The predicted octanol–water partition coefficient (Wildman–Crippen LogP) is 0.891. The maximum absolute atomic E-state index is 10.7. The van der Waals surface area contributed by atoms with E-state index in [9.17, 15) is 9.90 Å². The van der Waals surface area contributed by atoms with Gasteiger partial charge in [-0.3, -0.25) is 4.79 Å². The average molecular weight is 292 g/mol. The zero-order valence-corrected chi connectivity index (χ0v) is 10.4. The van der Waals surface area contributed by atoms with Gasteiger partial charge in [0.2, 0.25) is 0 Å². The molecule has 0 saturated heterocycles. The molecule has 1 aromatic carbocycles. The highest BCUT2D eigenvalue weighted by molar-refractivity contribution is 8.93. The van der Waals surface area contributed by atoms with Crippen LogP contribution in [0.1, 0.15) is 5.56 Å². The van der Waals surface area contributed by atoms with Crippen molar-refractivity contribution in [2.24, 2.45) is 0 Å². The van der Waals surface area contributed by atoms with Gasteiger partial charge in [-0.15, -0.1) is 17.0 Å². The lowest BCUT2D eigenvalue weighted by atomic mass is 10.1. The number of aromatic hydroxyl groups is 2. The number of carboxylic acid groups (broad SMARTS) is 1. The van der Waals surface area contributed by atoms with E-state index in [1.807, 2.05) is 0 Å². The van der Waals surface area contributed by atoms with Crippen molar-refractivity contribution in [2.45, 2.75) is 12.5 Å². The molecule has 0 radical (unpaired) electrons. The number of halogens is 1. The van der Waals surface area contributed by atoms with Crippen LogP contribution in [-0.2, 0) is 11.2 Å². The molecular weight excluding hydrogens is 278 g/mol. The number of phenolic OH excluding ortho intramolecular Hbond substituents is 2. The Kier molecular flexibility index (Phi) is 5.84. The molecule has 0 unspecified atom stereocenters. The van der Waals surface area contributed by atoms with Crippen LogP contribution >= 0.6 is 17.0 Å². The van der Waals surface area contributed by atoms with Crippen LogP contribution in [0.3, 0.4) is 0 Å². The molecule has 0 aliphatic carbocycles. The van der Waals surface area contributed by atoms with Gasteiger partial charge in [-0.1, -0.05) is 6.07 Å². The molecule has 1 rings (SSSR count). The Balaban J connectivity index is 0.00000225. The Morgan fingerprint density at radius 1 is 1.38 bits per heavy atom. The monoisotopic (exact) mass is 291 g/mol. The minimum absolute atomic E-state index is 0. The first kappa shape index (κ1) is 14.7. The Morgan fingerprint density at radius 3 is 2.44 bits per heavy atom. The van der Waals surface area contributed by atoms with Crippen LogP contribution in [0.15, 0.2) is 18.2 Å². The van der Waals surface area contributed by atoms with Gasteiger partial charge in [-0.25, -0.2) is 0 Å². The first-order valence-electron chi connectivity index (χ1n) is 4.45. The summed E-state index contributed by atoms with van der Waals surface area (Å²) in [6.07, 6.45) is 0.250. The van der Waals surface area contributed by atoms with Gasteiger partial charge in [0.05, 0.1) is 0 Å². The molecule has 6 heteroatoms. The zero-order chi connectivity index (χ0) is 11.4.